The summed E-state index contributed by atoms with van der Waals surface area (Å²) in [7, 11) is -3.68. The molecule has 0 spiro atoms. The molecule has 1 aromatic carbocycles. The zero-order valence-corrected chi connectivity index (χ0v) is 11.6. The molecule has 8 heteroatoms. The lowest BCUT2D eigenvalue weighted by atomic mass is 10.3. The summed E-state index contributed by atoms with van der Waals surface area (Å²) >= 11 is 3.29. The van der Waals surface area contributed by atoms with Gasteiger partial charge in [-0.05, 0) is 34.1 Å². The minimum absolute atomic E-state index is 0.0675. The van der Waals surface area contributed by atoms with Gasteiger partial charge in [-0.15, -0.1) is 0 Å². The van der Waals surface area contributed by atoms with Gasteiger partial charge in [0.1, 0.15) is 5.82 Å². The third kappa shape index (κ3) is 3.09. The lowest BCUT2D eigenvalue weighted by Crippen LogP contribution is -2.12. The molecule has 18 heavy (non-hydrogen) atoms. The van der Waals surface area contributed by atoms with Crippen molar-refractivity contribution in [1.29, 1.82) is 0 Å². The number of nitrogens with one attached hydrogen (secondary N) is 2. The van der Waals surface area contributed by atoms with Gasteiger partial charge in [0.15, 0.2) is 0 Å². The Morgan fingerprint density at radius 3 is 2.78 bits per heavy atom. The lowest BCUT2D eigenvalue weighted by Gasteiger charge is -2.08. The van der Waals surface area contributed by atoms with E-state index >= 15 is 0 Å². The molecule has 0 fully saturated rings. The molecule has 6 nitrogen and oxygen atoms in total. The van der Waals surface area contributed by atoms with Gasteiger partial charge in [0.25, 0.3) is 0 Å². The molecule has 2 aromatic rings. The number of aromatic nitrogens is 2. The highest BCUT2D eigenvalue weighted by atomic mass is 79.9. The number of primary sulfonamides is 1. The van der Waals surface area contributed by atoms with Gasteiger partial charge in [0, 0.05) is 22.6 Å². The van der Waals surface area contributed by atoms with Crippen molar-refractivity contribution in [2.24, 2.45) is 5.14 Å². The SMILES string of the molecule is NS(=O)(=O)c1ccc(NCc2ncc[nH]2)c(Br)c1. The third-order valence-corrected chi connectivity index (χ3v) is 3.84. The average molecular weight is 331 g/mol. The lowest BCUT2D eigenvalue weighted by molar-refractivity contribution is 0.598. The van der Waals surface area contributed by atoms with E-state index in [0.29, 0.717) is 11.0 Å². The predicted molar refractivity (Wildman–Crippen MR) is 71.4 cm³/mol. The van der Waals surface area contributed by atoms with Gasteiger partial charge in [-0.25, -0.2) is 18.5 Å². The average Bonchev–Trinajstić information content (AvgIpc) is 2.79. The predicted octanol–water partition coefficient (Wildman–Crippen LogP) is 1.43. The molecule has 0 aliphatic carbocycles. The first-order chi connectivity index (χ1) is 8.47. The van der Waals surface area contributed by atoms with E-state index in [4.69, 9.17) is 5.14 Å². The minimum Gasteiger partial charge on any atom is -0.377 e. The Balaban J connectivity index is 2.15. The molecule has 0 bridgehead atoms. The van der Waals surface area contributed by atoms with Crippen molar-refractivity contribution in [3.8, 4) is 0 Å². The first kappa shape index (κ1) is 13.1. The van der Waals surface area contributed by atoms with Gasteiger partial charge in [-0.3, -0.25) is 0 Å². The quantitative estimate of drug-likeness (QED) is 0.789. The van der Waals surface area contributed by atoms with Gasteiger partial charge in [-0.1, -0.05) is 0 Å². The number of nitrogens with two attached hydrogens (primary N) is 1. The monoisotopic (exact) mass is 330 g/mol. The second-order valence-electron chi connectivity index (χ2n) is 3.58. The number of rotatable bonds is 4. The van der Waals surface area contributed by atoms with Crippen molar-refractivity contribution in [2.75, 3.05) is 5.32 Å². The number of aromatic amines is 1. The summed E-state index contributed by atoms with van der Waals surface area (Å²) in [5, 5.41) is 8.16. The Labute approximate surface area is 113 Å². The molecule has 2 rings (SSSR count). The summed E-state index contributed by atoms with van der Waals surface area (Å²) in [5.74, 6) is 0.789. The molecule has 0 atom stereocenters. The molecule has 0 aliphatic rings. The zero-order chi connectivity index (χ0) is 13.2. The van der Waals surface area contributed by atoms with E-state index < -0.39 is 10.0 Å². The second-order valence-corrected chi connectivity index (χ2v) is 5.99. The van der Waals surface area contributed by atoms with Crippen LogP contribution in [0.5, 0.6) is 0 Å². The zero-order valence-electron chi connectivity index (χ0n) is 9.22. The van der Waals surface area contributed by atoms with Gasteiger partial charge >= 0.3 is 0 Å². The Kier molecular flexibility index (Phi) is 3.69. The van der Waals surface area contributed by atoms with Crippen molar-refractivity contribution in [1.82, 2.24) is 9.97 Å². The number of nitrogens with zero attached hydrogens (tertiary/aromatic N) is 1. The van der Waals surface area contributed by atoms with Crippen LogP contribution in [0.25, 0.3) is 0 Å². The molecule has 1 aromatic heterocycles. The van der Waals surface area contributed by atoms with Gasteiger partial charge < -0.3 is 10.3 Å². The second kappa shape index (κ2) is 5.09. The first-order valence-corrected chi connectivity index (χ1v) is 7.35. The summed E-state index contributed by atoms with van der Waals surface area (Å²) in [4.78, 5) is 7.09. The highest BCUT2D eigenvalue weighted by Gasteiger charge is 2.10. The Hall–Kier alpha value is -1.38. The summed E-state index contributed by atoms with van der Waals surface area (Å²) in [6, 6.07) is 4.55. The van der Waals surface area contributed by atoms with E-state index in [0.717, 1.165) is 11.5 Å². The van der Waals surface area contributed by atoms with Crippen LogP contribution < -0.4 is 10.5 Å². The largest absolute Gasteiger partial charge is 0.377 e. The summed E-state index contributed by atoms with van der Waals surface area (Å²) in [5.41, 5.74) is 0.763. The molecule has 0 saturated carbocycles. The molecule has 0 saturated heterocycles. The fraction of sp³-hybridized carbons (Fsp3) is 0.100. The maximum absolute atomic E-state index is 11.2. The Morgan fingerprint density at radius 1 is 1.44 bits per heavy atom. The van der Waals surface area contributed by atoms with Gasteiger partial charge in [-0.2, -0.15) is 0 Å². The van der Waals surface area contributed by atoms with Crippen LogP contribution >= 0.6 is 15.9 Å². The first-order valence-electron chi connectivity index (χ1n) is 5.01. The van der Waals surface area contributed by atoms with Crippen LogP contribution in [0.2, 0.25) is 0 Å². The van der Waals surface area contributed by atoms with Crippen molar-refractivity contribution in [2.45, 2.75) is 11.4 Å². The van der Waals surface area contributed by atoms with Gasteiger partial charge in [0.2, 0.25) is 10.0 Å². The van der Waals surface area contributed by atoms with Crippen LogP contribution in [-0.2, 0) is 16.6 Å². The number of hydrogen-bond donors (Lipinski definition) is 3. The summed E-state index contributed by atoms with van der Waals surface area (Å²) in [6.07, 6.45) is 3.40. The molecular weight excluding hydrogens is 320 g/mol. The third-order valence-electron chi connectivity index (χ3n) is 2.27. The number of H-pyrrole nitrogens is 1. The number of sulfonamides is 1. The van der Waals surface area contributed by atoms with E-state index in [1.165, 1.54) is 12.1 Å². The molecule has 1 heterocycles. The van der Waals surface area contributed by atoms with Crippen LogP contribution in [0, 0.1) is 0 Å². The van der Waals surface area contributed by atoms with Gasteiger partial charge in [0.05, 0.1) is 11.4 Å². The molecule has 0 unspecified atom stereocenters. The molecule has 0 radical (unpaired) electrons. The van der Waals surface area contributed by atoms with E-state index in [1.807, 2.05) is 0 Å². The van der Waals surface area contributed by atoms with Crippen molar-refractivity contribution in [3.63, 3.8) is 0 Å². The van der Waals surface area contributed by atoms with E-state index in [2.05, 4.69) is 31.2 Å². The Morgan fingerprint density at radius 2 is 2.22 bits per heavy atom. The maximum atomic E-state index is 11.2. The minimum atomic E-state index is -3.68. The Bertz CT molecular complexity index is 640. The molecule has 0 amide bonds. The van der Waals surface area contributed by atoms with Crippen LogP contribution in [-0.4, -0.2) is 18.4 Å². The van der Waals surface area contributed by atoms with Crippen LogP contribution in [0.1, 0.15) is 5.82 Å². The molecular formula is C10H11BrN4O2S. The molecule has 96 valence electrons. The number of imidazole rings is 1. The van der Waals surface area contributed by atoms with Crippen LogP contribution in [0.3, 0.4) is 0 Å². The van der Waals surface area contributed by atoms with E-state index in [1.54, 1.807) is 18.5 Å². The summed E-state index contributed by atoms with van der Waals surface area (Å²) < 4.78 is 23.0. The van der Waals surface area contributed by atoms with Crippen molar-refractivity contribution >= 4 is 31.6 Å². The normalized spacial score (nSPS) is 11.4. The molecule has 4 N–H and O–H groups in total. The highest BCUT2D eigenvalue weighted by molar-refractivity contribution is 9.10. The van der Waals surface area contributed by atoms with Crippen LogP contribution in [0.15, 0.2) is 40.0 Å². The van der Waals surface area contributed by atoms with E-state index in [-0.39, 0.29) is 4.90 Å². The number of halogens is 1. The van der Waals surface area contributed by atoms with Crippen molar-refractivity contribution < 1.29 is 8.42 Å². The van der Waals surface area contributed by atoms with E-state index in [9.17, 15) is 8.42 Å². The topological polar surface area (TPSA) is 101 Å². The fourth-order valence-electron chi connectivity index (χ4n) is 1.39. The summed E-state index contributed by atoms with van der Waals surface area (Å²) in [6.45, 7) is 0.514. The smallest absolute Gasteiger partial charge is 0.238 e. The number of anilines is 1. The van der Waals surface area contributed by atoms with Crippen molar-refractivity contribution in [3.05, 3.63) is 40.9 Å². The van der Waals surface area contributed by atoms with Crippen LogP contribution in [0.4, 0.5) is 5.69 Å². The standard InChI is InChI=1S/C10H11BrN4O2S/c11-8-5-7(18(12,16)17)1-2-9(8)15-6-10-13-3-4-14-10/h1-5,15H,6H2,(H,13,14)(H2,12,16,17). The number of hydrogen-bond acceptors (Lipinski definition) is 4. The number of benzene rings is 1. The maximum Gasteiger partial charge on any atom is 0.238 e. The fourth-order valence-corrected chi connectivity index (χ4v) is 2.60. The highest BCUT2D eigenvalue weighted by Crippen LogP contribution is 2.25. The molecule has 0 aliphatic heterocycles.